The second-order valence-electron chi connectivity index (χ2n) is 4.81. The van der Waals surface area contributed by atoms with Crippen LogP contribution in [0.25, 0.3) is 0 Å². The molecule has 2 heterocycles. The minimum atomic E-state index is -0.753. The molecule has 0 radical (unpaired) electrons. The van der Waals surface area contributed by atoms with Gasteiger partial charge in [-0.1, -0.05) is 6.07 Å². The Hall–Kier alpha value is -1.79. The van der Waals surface area contributed by atoms with Crippen molar-refractivity contribution >= 4 is 5.97 Å². The number of benzene rings is 1. The van der Waals surface area contributed by atoms with Crippen LogP contribution in [0, 0.1) is 5.92 Å². The molecule has 19 heavy (non-hydrogen) atoms. The topological polar surface area (TPSA) is 79.8 Å². The van der Waals surface area contributed by atoms with Crippen molar-refractivity contribution in [2.75, 3.05) is 13.3 Å². The van der Waals surface area contributed by atoms with Gasteiger partial charge < -0.3 is 14.6 Å². The maximum absolute atomic E-state index is 10.7. The third-order valence-corrected chi connectivity index (χ3v) is 3.58. The number of ether oxygens (including phenoxy) is 2. The van der Waals surface area contributed by atoms with E-state index in [0.29, 0.717) is 6.42 Å². The average Bonchev–Trinajstić information content (AvgIpc) is 3.04. The van der Waals surface area contributed by atoms with Gasteiger partial charge in [-0.2, -0.15) is 0 Å². The Bertz CT molecular complexity index is 492. The standard InChI is InChI=1S/C13H16N2O4/c16-12(17)4-2-9-6-14-15-13(9)8-1-3-10-11(5-8)19-7-18-10/h1,3,5,9,13-15H,2,4,6-7H2,(H,16,17). The summed E-state index contributed by atoms with van der Waals surface area (Å²) in [4.78, 5) is 10.7. The highest BCUT2D eigenvalue weighted by Crippen LogP contribution is 2.37. The van der Waals surface area contributed by atoms with Crippen LogP contribution in [0.5, 0.6) is 11.5 Å². The van der Waals surface area contributed by atoms with Crippen LogP contribution in [0.15, 0.2) is 18.2 Å². The van der Waals surface area contributed by atoms with Gasteiger partial charge in [0.15, 0.2) is 11.5 Å². The fraction of sp³-hybridized carbons (Fsp3) is 0.462. The largest absolute Gasteiger partial charge is 0.481 e. The average molecular weight is 264 g/mol. The van der Waals surface area contributed by atoms with Crippen molar-refractivity contribution in [3.8, 4) is 11.5 Å². The minimum absolute atomic E-state index is 0.105. The first-order chi connectivity index (χ1) is 9.24. The molecule has 1 saturated heterocycles. The Morgan fingerprint density at radius 1 is 1.37 bits per heavy atom. The molecule has 0 aromatic heterocycles. The summed E-state index contributed by atoms with van der Waals surface area (Å²) < 4.78 is 10.7. The highest BCUT2D eigenvalue weighted by atomic mass is 16.7. The zero-order valence-electron chi connectivity index (χ0n) is 10.4. The number of carboxylic acids is 1. The number of hydrogen-bond acceptors (Lipinski definition) is 5. The van der Waals surface area contributed by atoms with Crippen LogP contribution in [-0.4, -0.2) is 24.4 Å². The molecule has 102 valence electrons. The molecule has 0 spiro atoms. The Balaban J connectivity index is 1.75. The second kappa shape index (κ2) is 5.07. The third kappa shape index (κ3) is 2.50. The van der Waals surface area contributed by atoms with Crippen molar-refractivity contribution in [2.24, 2.45) is 5.92 Å². The lowest BCUT2D eigenvalue weighted by molar-refractivity contribution is -0.137. The molecule has 6 heteroatoms. The molecule has 3 N–H and O–H groups in total. The van der Waals surface area contributed by atoms with Crippen molar-refractivity contribution in [3.05, 3.63) is 23.8 Å². The van der Waals surface area contributed by atoms with Gasteiger partial charge in [0.1, 0.15) is 0 Å². The normalized spacial score (nSPS) is 24.6. The smallest absolute Gasteiger partial charge is 0.303 e. The van der Waals surface area contributed by atoms with Gasteiger partial charge in [0, 0.05) is 13.0 Å². The van der Waals surface area contributed by atoms with E-state index in [-0.39, 0.29) is 25.2 Å². The van der Waals surface area contributed by atoms with E-state index in [9.17, 15) is 4.79 Å². The summed E-state index contributed by atoms with van der Waals surface area (Å²) in [6.07, 6.45) is 0.837. The Labute approximate surface area is 110 Å². The van der Waals surface area contributed by atoms with E-state index in [1.807, 2.05) is 18.2 Å². The SMILES string of the molecule is O=C(O)CCC1CNNC1c1ccc2c(c1)OCO2. The molecule has 3 rings (SSSR count). The number of carboxylic acid groups (broad SMARTS) is 1. The molecule has 1 aromatic carbocycles. The summed E-state index contributed by atoms with van der Waals surface area (Å²) in [5.74, 6) is 1.02. The van der Waals surface area contributed by atoms with Crippen LogP contribution in [-0.2, 0) is 4.79 Å². The van der Waals surface area contributed by atoms with E-state index in [0.717, 1.165) is 23.6 Å². The summed E-state index contributed by atoms with van der Waals surface area (Å²) in [5.41, 5.74) is 7.38. The van der Waals surface area contributed by atoms with Crippen LogP contribution < -0.4 is 20.3 Å². The van der Waals surface area contributed by atoms with Crippen LogP contribution in [0.3, 0.4) is 0 Å². The Kier molecular flexibility index (Phi) is 3.27. The molecule has 0 aliphatic carbocycles. The van der Waals surface area contributed by atoms with Crippen LogP contribution in [0.2, 0.25) is 0 Å². The summed E-state index contributed by atoms with van der Waals surface area (Å²) >= 11 is 0. The van der Waals surface area contributed by atoms with Gasteiger partial charge in [-0.3, -0.25) is 10.2 Å². The summed E-state index contributed by atoms with van der Waals surface area (Å²) in [5, 5.41) is 8.78. The number of hydrogen-bond donors (Lipinski definition) is 3. The van der Waals surface area contributed by atoms with Crippen LogP contribution in [0.1, 0.15) is 24.4 Å². The molecule has 0 bridgehead atoms. The molecule has 6 nitrogen and oxygen atoms in total. The van der Waals surface area contributed by atoms with Crippen molar-refractivity contribution in [3.63, 3.8) is 0 Å². The Morgan fingerprint density at radius 2 is 2.21 bits per heavy atom. The van der Waals surface area contributed by atoms with E-state index < -0.39 is 5.97 Å². The number of rotatable bonds is 4. The predicted octanol–water partition coefficient (Wildman–Crippen LogP) is 1.05. The van der Waals surface area contributed by atoms with E-state index in [1.165, 1.54) is 0 Å². The third-order valence-electron chi connectivity index (χ3n) is 3.58. The lowest BCUT2D eigenvalue weighted by Crippen LogP contribution is -2.25. The summed E-state index contributed by atoms with van der Waals surface area (Å²) in [7, 11) is 0. The van der Waals surface area contributed by atoms with E-state index >= 15 is 0 Å². The van der Waals surface area contributed by atoms with Crippen molar-refractivity contribution in [1.82, 2.24) is 10.9 Å². The van der Waals surface area contributed by atoms with E-state index in [2.05, 4.69) is 10.9 Å². The number of aliphatic carboxylic acids is 1. The van der Waals surface area contributed by atoms with E-state index in [1.54, 1.807) is 0 Å². The zero-order valence-corrected chi connectivity index (χ0v) is 10.4. The lowest BCUT2D eigenvalue weighted by atomic mass is 9.91. The number of fused-ring (bicyclic) bond motifs is 1. The molecule has 2 aliphatic rings. The lowest BCUT2D eigenvalue weighted by Gasteiger charge is -2.18. The van der Waals surface area contributed by atoms with Gasteiger partial charge in [-0.25, -0.2) is 5.43 Å². The van der Waals surface area contributed by atoms with Crippen LogP contribution in [0.4, 0.5) is 0 Å². The highest BCUT2D eigenvalue weighted by Gasteiger charge is 2.29. The molecule has 2 atom stereocenters. The molecular weight excluding hydrogens is 248 g/mol. The maximum Gasteiger partial charge on any atom is 0.303 e. The first kappa shape index (κ1) is 12.3. The highest BCUT2D eigenvalue weighted by molar-refractivity contribution is 5.66. The number of nitrogens with one attached hydrogen (secondary N) is 2. The quantitative estimate of drug-likeness (QED) is 0.754. The van der Waals surface area contributed by atoms with Crippen molar-refractivity contribution < 1.29 is 19.4 Å². The van der Waals surface area contributed by atoms with Gasteiger partial charge in [-0.05, 0) is 30.0 Å². The summed E-state index contributed by atoms with van der Waals surface area (Å²) in [6, 6.07) is 5.95. The molecule has 0 amide bonds. The number of carbonyl (C=O) groups is 1. The Morgan fingerprint density at radius 3 is 3.05 bits per heavy atom. The monoisotopic (exact) mass is 264 g/mol. The van der Waals surface area contributed by atoms with Crippen molar-refractivity contribution in [2.45, 2.75) is 18.9 Å². The fourth-order valence-electron chi connectivity index (χ4n) is 2.58. The molecular formula is C13H16N2O4. The maximum atomic E-state index is 10.7. The van der Waals surface area contributed by atoms with Crippen LogP contribution >= 0.6 is 0 Å². The molecule has 1 fully saturated rings. The molecule has 2 unspecified atom stereocenters. The minimum Gasteiger partial charge on any atom is -0.481 e. The van der Waals surface area contributed by atoms with Gasteiger partial charge in [0.2, 0.25) is 6.79 Å². The summed E-state index contributed by atoms with van der Waals surface area (Å²) in [6.45, 7) is 1.03. The fourth-order valence-corrected chi connectivity index (χ4v) is 2.58. The zero-order chi connectivity index (χ0) is 13.2. The van der Waals surface area contributed by atoms with Crippen molar-refractivity contribution in [1.29, 1.82) is 0 Å². The predicted molar refractivity (Wildman–Crippen MR) is 66.8 cm³/mol. The molecule has 2 aliphatic heterocycles. The van der Waals surface area contributed by atoms with E-state index in [4.69, 9.17) is 14.6 Å². The van der Waals surface area contributed by atoms with Gasteiger partial charge in [0.05, 0.1) is 6.04 Å². The first-order valence-electron chi connectivity index (χ1n) is 6.34. The molecule has 1 aromatic rings. The van der Waals surface area contributed by atoms with Gasteiger partial charge in [0.25, 0.3) is 0 Å². The number of hydrazine groups is 1. The second-order valence-corrected chi connectivity index (χ2v) is 4.81. The van der Waals surface area contributed by atoms with Gasteiger partial charge >= 0.3 is 5.97 Å². The van der Waals surface area contributed by atoms with Gasteiger partial charge in [-0.15, -0.1) is 0 Å². The molecule has 0 saturated carbocycles. The first-order valence-corrected chi connectivity index (χ1v) is 6.34.